The summed E-state index contributed by atoms with van der Waals surface area (Å²) in [5.41, 5.74) is 1.11. The van der Waals surface area contributed by atoms with E-state index in [-0.39, 0.29) is 12.0 Å². The SMILES string of the molecule is CN1CCOC(CNC(=O)c2ccc(C#N)cc2)C1. The van der Waals surface area contributed by atoms with Crippen molar-refractivity contribution in [1.29, 1.82) is 5.26 Å². The molecule has 0 bridgehead atoms. The second-order valence-corrected chi connectivity index (χ2v) is 4.65. The molecule has 5 nitrogen and oxygen atoms in total. The van der Waals surface area contributed by atoms with Crippen LogP contribution in [0.1, 0.15) is 15.9 Å². The number of ether oxygens (including phenoxy) is 1. The normalized spacial score (nSPS) is 19.7. The van der Waals surface area contributed by atoms with Crippen molar-refractivity contribution in [2.75, 3.05) is 33.3 Å². The van der Waals surface area contributed by atoms with Gasteiger partial charge in [0.05, 0.1) is 24.3 Å². The number of rotatable bonds is 3. The van der Waals surface area contributed by atoms with Crippen molar-refractivity contribution in [3.63, 3.8) is 0 Å². The minimum Gasteiger partial charge on any atom is -0.374 e. The summed E-state index contributed by atoms with van der Waals surface area (Å²) in [6.45, 7) is 2.96. The Kier molecular flexibility index (Phi) is 4.50. The molecule has 19 heavy (non-hydrogen) atoms. The molecular weight excluding hydrogens is 242 g/mol. The number of nitriles is 1. The molecule has 1 unspecified atom stereocenters. The van der Waals surface area contributed by atoms with E-state index in [1.54, 1.807) is 24.3 Å². The standard InChI is InChI=1S/C14H17N3O2/c1-17-6-7-19-13(10-17)9-16-14(18)12-4-2-11(8-15)3-5-12/h2-5,13H,6-7,9-10H2,1H3,(H,16,18). The van der Waals surface area contributed by atoms with E-state index in [1.807, 2.05) is 13.1 Å². The third kappa shape index (κ3) is 3.78. The minimum atomic E-state index is -0.138. The predicted octanol–water partition coefficient (Wildman–Crippen LogP) is 0.619. The number of benzene rings is 1. The molecule has 1 aliphatic rings. The highest BCUT2D eigenvalue weighted by Crippen LogP contribution is 2.05. The number of carbonyl (C=O) groups is 1. The van der Waals surface area contributed by atoms with E-state index >= 15 is 0 Å². The molecule has 0 spiro atoms. The maximum Gasteiger partial charge on any atom is 0.251 e. The van der Waals surface area contributed by atoms with Crippen LogP contribution in [0.25, 0.3) is 0 Å². The molecule has 1 fully saturated rings. The van der Waals surface area contributed by atoms with Gasteiger partial charge in [-0.2, -0.15) is 5.26 Å². The van der Waals surface area contributed by atoms with Crippen LogP contribution in [0, 0.1) is 11.3 Å². The minimum absolute atomic E-state index is 0.0427. The molecule has 1 amide bonds. The average molecular weight is 259 g/mol. The Bertz CT molecular complexity index is 478. The summed E-state index contributed by atoms with van der Waals surface area (Å²) >= 11 is 0. The molecule has 0 aromatic heterocycles. The Labute approximate surface area is 112 Å². The second kappa shape index (κ2) is 6.32. The lowest BCUT2D eigenvalue weighted by Gasteiger charge is -2.30. The van der Waals surface area contributed by atoms with Crippen LogP contribution in [-0.2, 0) is 4.74 Å². The van der Waals surface area contributed by atoms with Gasteiger partial charge in [0.2, 0.25) is 0 Å². The van der Waals surface area contributed by atoms with Gasteiger partial charge < -0.3 is 15.0 Å². The van der Waals surface area contributed by atoms with E-state index in [2.05, 4.69) is 10.2 Å². The average Bonchev–Trinajstić information content (AvgIpc) is 2.45. The largest absolute Gasteiger partial charge is 0.374 e. The maximum absolute atomic E-state index is 11.9. The van der Waals surface area contributed by atoms with Gasteiger partial charge in [-0.3, -0.25) is 4.79 Å². The molecule has 1 atom stereocenters. The van der Waals surface area contributed by atoms with Crippen molar-refractivity contribution in [3.05, 3.63) is 35.4 Å². The van der Waals surface area contributed by atoms with Gasteiger partial charge in [-0.05, 0) is 31.3 Å². The number of morpholine rings is 1. The van der Waals surface area contributed by atoms with Gasteiger partial charge in [0.25, 0.3) is 5.91 Å². The van der Waals surface area contributed by atoms with Gasteiger partial charge in [-0.25, -0.2) is 0 Å². The first-order chi connectivity index (χ1) is 9.19. The van der Waals surface area contributed by atoms with Crippen LogP contribution < -0.4 is 5.32 Å². The fraction of sp³-hybridized carbons (Fsp3) is 0.429. The number of amides is 1. The quantitative estimate of drug-likeness (QED) is 0.864. The summed E-state index contributed by atoms with van der Waals surface area (Å²) in [5.74, 6) is -0.138. The van der Waals surface area contributed by atoms with Gasteiger partial charge in [-0.1, -0.05) is 0 Å². The Morgan fingerprint density at radius 3 is 2.89 bits per heavy atom. The maximum atomic E-state index is 11.9. The molecule has 1 saturated heterocycles. The van der Waals surface area contributed by atoms with Crippen LogP contribution in [0.3, 0.4) is 0 Å². The molecular formula is C14H17N3O2. The zero-order chi connectivity index (χ0) is 13.7. The van der Waals surface area contributed by atoms with E-state index in [4.69, 9.17) is 10.00 Å². The number of carbonyl (C=O) groups excluding carboxylic acids is 1. The smallest absolute Gasteiger partial charge is 0.251 e. The molecule has 1 aromatic carbocycles. The van der Waals surface area contributed by atoms with Gasteiger partial charge in [0.1, 0.15) is 0 Å². The predicted molar refractivity (Wildman–Crippen MR) is 70.7 cm³/mol. The van der Waals surface area contributed by atoms with Crippen LogP contribution in [0.4, 0.5) is 0 Å². The molecule has 0 aliphatic carbocycles. The van der Waals surface area contributed by atoms with Crippen molar-refractivity contribution < 1.29 is 9.53 Å². The fourth-order valence-corrected chi connectivity index (χ4v) is 2.00. The Morgan fingerprint density at radius 1 is 1.53 bits per heavy atom. The van der Waals surface area contributed by atoms with Crippen LogP contribution in [0.5, 0.6) is 0 Å². The lowest BCUT2D eigenvalue weighted by Crippen LogP contribution is -2.45. The van der Waals surface area contributed by atoms with Crippen molar-refractivity contribution in [2.24, 2.45) is 0 Å². The van der Waals surface area contributed by atoms with E-state index in [9.17, 15) is 4.79 Å². The summed E-state index contributed by atoms with van der Waals surface area (Å²) in [5, 5.41) is 11.5. The summed E-state index contributed by atoms with van der Waals surface area (Å²) < 4.78 is 5.57. The first kappa shape index (κ1) is 13.5. The lowest BCUT2D eigenvalue weighted by atomic mass is 10.1. The Hall–Kier alpha value is -1.90. The topological polar surface area (TPSA) is 65.4 Å². The zero-order valence-corrected chi connectivity index (χ0v) is 10.9. The summed E-state index contributed by atoms with van der Waals surface area (Å²) in [7, 11) is 2.04. The van der Waals surface area contributed by atoms with Crippen LogP contribution in [0.15, 0.2) is 24.3 Å². The van der Waals surface area contributed by atoms with Gasteiger partial charge in [0.15, 0.2) is 0 Å². The Balaban J connectivity index is 1.85. The molecule has 0 saturated carbocycles. The number of hydrogen-bond donors (Lipinski definition) is 1. The first-order valence-corrected chi connectivity index (χ1v) is 6.27. The molecule has 1 aromatic rings. The fourth-order valence-electron chi connectivity index (χ4n) is 2.00. The Morgan fingerprint density at radius 2 is 2.26 bits per heavy atom. The number of hydrogen-bond acceptors (Lipinski definition) is 4. The van der Waals surface area contributed by atoms with Crippen LogP contribution in [0.2, 0.25) is 0 Å². The number of likely N-dealkylation sites (N-methyl/N-ethyl adjacent to an activating group) is 1. The highest BCUT2D eigenvalue weighted by molar-refractivity contribution is 5.94. The molecule has 1 heterocycles. The van der Waals surface area contributed by atoms with Gasteiger partial charge in [0, 0.05) is 25.2 Å². The lowest BCUT2D eigenvalue weighted by molar-refractivity contribution is -0.0175. The molecule has 1 aliphatic heterocycles. The first-order valence-electron chi connectivity index (χ1n) is 6.27. The molecule has 100 valence electrons. The van der Waals surface area contributed by atoms with Gasteiger partial charge in [-0.15, -0.1) is 0 Å². The second-order valence-electron chi connectivity index (χ2n) is 4.65. The van der Waals surface area contributed by atoms with Crippen molar-refractivity contribution in [3.8, 4) is 6.07 Å². The monoisotopic (exact) mass is 259 g/mol. The molecule has 5 heteroatoms. The summed E-state index contributed by atoms with van der Waals surface area (Å²) in [6, 6.07) is 8.61. The van der Waals surface area contributed by atoms with Gasteiger partial charge >= 0.3 is 0 Å². The van der Waals surface area contributed by atoms with Crippen LogP contribution >= 0.6 is 0 Å². The summed E-state index contributed by atoms with van der Waals surface area (Å²) in [6.07, 6.45) is 0.0427. The molecule has 0 radical (unpaired) electrons. The van der Waals surface area contributed by atoms with E-state index < -0.39 is 0 Å². The molecule has 2 rings (SSSR count). The molecule has 1 N–H and O–H groups in total. The van der Waals surface area contributed by atoms with Crippen molar-refractivity contribution >= 4 is 5.91 Å². The number of nitrogens with one attached hydrogen (secondary N) is 1. The van der Waals surface area contributed by atoms with E-state index in [0.29, 0.717) is 24.3 Å². The highest BCUT2D eigenvalue weighted by atomic mass is 16.5. The number of nitrogens with zero attached hydrogens (tertiary/aromatic N) is 2. The third-order valence-corrected chi connectivity index (χ3v) is 3.11. The van der Waals surface area contributed by atoms with Crippen molar-refractivity contribution in [2.45, 2.75) is 6.10 Å². The van der Waals surface area contributed by atoms with Crippen molar-refractivity contribution in [1.82, 2.24) is 10.2 Å². The third-order valence-electron chi connectivity index (χ3n) is 3.11. The van der Waals surface area contributed by atoms with E-state index in [1.165, 1.54) is 0 Å². The van der Waals surface area contributed by atoms with E-state index in [0.717, 1.165) is 13.1 Å². The highest BCUT2D eigenvalue weighted by Gasteiger charge is 2.18. The summed E-state index contributed by atoms with van der Waals surface area (Å²) in [4.78, 5) is 14.1. The van der Waals surface area contributed by atoms with Crippen LogP contribution in [-0.4, -0.2) is 50.2 Å². The zero-order valence-electron chi connectivity index (χ0n) is 10.9.